The largest absolute Gasteiger partial charge is 0.352 e. The first kappa shape index (κ1) is 13.0. The highest BCUT2D eigenvalue weighted by Crippen LogP contribution is 2.25. The molecule has 1 unspecified atom stereocenters. The summed E-state index contributed by atoms with van der Waals surface area (Å²) in [5, 5.41) is 3.67. The molecule has 2 aromatic heterocycles. The van der Waals surface area contributed by atoms with Crippen molar-refractivity contribution in [2.24, 2.45) is 0 Å². The predicted molar refractivity (Wildman–Crippen MR) is 83.3 cm³/mol. The van der Waals surface area contributed by atoms with Crippen LogP contribution in [0.3, 0.4) is 0 Å². The molecule has 1 saturated carbocycles. The van der Waals surface area contributed by atoms with Crippen molar-refractivity contribution >= 4 is 17.0 Å². The van der Waals surface area contributed by atoms with Gasteiger partial charge in [0.1, 0.15) is 11.3 Å². The molecule has 0 amide bonds. The summed E-state index contributed by atoms with van der Waals surface area (Å²) in [5.41, 5.74) is 1.61. The maximum Gasteiger partial charge on any atom is 0.180 e. The number of nitrogens with zero attached hydrogens (tertiary/aromatic N) is 4. The smallest absolute Gasteiger partial charge is 0.180 e. The van der Waals surface area contributed by atoms with E-state index in [0.29, 0.717) is 6.04 Å². The van der Waals surface area contributed by atoms with Gasteiger partial charge in [-0.25, -0.2) is 9.97 Å². The third-order valence-corrected chi connectivity index (χ3v) is 4.46. The molecule has 21 heavy (non-hydrogen) atoms. The van der Waals surface area contributed by atoms with E-state index in [1.807, 2.05) is 6.07 Å². The highest BCUT2D eigenvalue weighted by atomic mass is 15.2. The number of piperidine rings is 1. The van der Waals surface area contributed by atoms with Crippen molar-refractivity contribution in [3.05, 3.63) is 24.5 Å². The zero-order chi connectivity index (χ0) is 14.1. The Bertz CT molecular complexity index is 625. The van der Waals surface area contributed by atoms with Gasteiger partial charge in [0.15, 0.2) is 5.65 Å². The number of rotatable bonds is 4. The Morgan fingerprint density at radius 2 is 2.00 bits per heavy atom. The van der Waals surface area contributed by atoms with Gasteiger partial charge in [-0.1, -0.05) is 0 Å². The number of nitrogens with one attached hydrogen (secondary N) is 1. The molecule has 0 spiro atoms. The van der Waals surface area contributed by atoms with Crippen molar-refractivity contribution in [3.8, 4) is 0 Å². The van der Waals surface area contributed by atoms with Gasteiger partial charge < -0.3 is 10.2 Å². The van der Waals surface area contributed by atoms with Gasteiger partial charge in [0.2, 0.25) is 0 Å². The average Bonchev–Trinajstić information content (AvgIpc) is 3.37. The number of hydrogen-bond donors (Lipinski definition) is 1. The van der Waals surface area contributed by atoms with Crippen LogP contribution in [0.4, 0.5) is 5.82 Å². The molecule has 1 aliphatic carbocycles. The predicted octanol–water partition coefficient (Wildman–Crippen LogP) is 2.14. The third kappa shape index (κ3) is 2.83. The number of anilines is 1. The minimum atomic E-state index is 0.556. The van der Waals surface area contributed by atoms with E-state index in [4.69, 9.17) is 4.98 Å². The standard InChI is InChI=1S/C16H21N5/c1-2-10-21(13(3-1)11-19-12-4-5-12)15-7-6-14-16(20-15)18-9-8-17-14/h6-9,12-13,19H,1-5,10-11H2. The van der Waals surface area contributed by atoms with Gasteiger partial charge in [-0.3, -0.25) is 4.98 Å². The minimum Gasteiger partial charge on any atom is -0.352 e. The average molecular weight is 283 g/mol. The second-order valence-electron chi connectivity index (χ2n) is 6.09. The molecule has 1 aliphatic heterocycles. The maximum atomic E-state index is 4.72. The quantitative estimate of drug-likeness (QED) is 0.931. The molecule has 110 valence electrons. The van der Waals surface area contributed by atoms with Gasteiger partial charge in [-0.2, -0.15) is 0 Å². The van der Waals surface area contributed by atoms with Crippen LogP contribution in [0.25, 0.3) is 11.2 Å². The molecule has 2 fully saturated rings. The molecule has 5 heteroatoms. The Morgan fingerprint density at radius 1 is 1.10 bits per heavy atom. The van der Waals surface area contributed by atoms with Crippen LogP contribution in [0.1, 0.15) is 32.1 Å². The van der Waals surface area contributed by atoms with E-state index in [1.165, 1.54) is 32.1 Å². The summed E-state index contributed by atoms with van der Waals surface area (Å²) in [6, 6.07) is 5.45. The van der Waals surface area contributed by atoms with Crippen LogP contribution < -0.4 is 10.2 Å². The van der Waals surface area contributed by atoms with E-state index >= 15 is 0 Å². The van der Waals surface area contributed by atoms with Crippen molar-refractivity contribution in [3.63, 3.8) is 0 Å². The second-order valence-corrected chi connectivity index (χ2v) is 6.09. The van der Waals surface area contributed by atoms with Crippen LogP contribution in [-0.4, -0.2) is 40.1 Å². The number of fused-ring (bicyclic) bond motifs is 1. The monoisotopic (exact) mass is 283 g/mol. The fourth-order valence-electron chi connectivity index (χ4n) is 3.11. The third-order valence-electron chi connectivity index (χ3n) is 4.46. The Balaban J connectivity index is 1.57. The van der Waals surface area contributed by atoms with Crippen LogP contribution in [0.2, 0.25) is 0 Å². The van der Waals surface area contributed by atoms with E-state index in [0.717, 1.165) is 36.1 Å². The molecule has 5 nitrogen and oxygen atoms in total. The van der Waals surface area contributed by atoms with Crippen LogP contribution in [0.5, 0.6) is 0 Å². The first-order valence-electron chi connectivity index (χ1n) is 7.98. The van der Waals surface area contributed by atoms with Gasteiger partial charge in [-0.15, -0.1) is 0 Å². The Morgan fingerprint density at radius 3 is 2.90 bits per heavy atom. The molecule has 0 bridgehead atoms. The van der Waals surface area contributed by atoms with Crippen molar-refractivity contribution in [2.45, 2.75) is 44.2 Å². The van der Waals surface area contributed by atoms with Gasteiger partial charge in [0.25, 0.3) is 0 Å². The SMILES string of the molecule is c1cnc2nc(N3CCCCC3CNC3CC3)ccc2n1. The molecule has 2 aromatic rings. The van der Waals surface area contributed by atoms with Gasteiger partial charge in [0, 0.05) is 37.6 Å². The lowest BCUT2D eigenvalue weighted by Crippen LogP contribution is -2.46. The van der Waals surface area contributed by atoms with E-state index < -0.39 is 0 Å². The summed E-state index contributed by atoms with van der Waals surface area (Å²) < 4.78 is 0. The molecular formula is C16H21N5. The number of pyridine rings is 1. The first-order chi connectivity index (χ1) is 10.4. The summed E-state index contributed by atoms with van der Waals surface area (Å²) >= 11 is 0. The highest BCUT2D eigenvalue weighted by Gasteiger charge is 2.27. The maximum absolute atomic E-state index is 4.72. The summed E-state index contributed by atoms with van der Waals surface area (Å²) in [5.74, 6) is 1.05. The van der Waals surface area contributed by atoms with E-state index in [-0.39, 0.29) is 0 Å². The number of aromatic nitrogens is 3. The lowest BCUT2D eigenvalue weighted by molar-refractivity contribution is 0.432. The van der Waals surface area contributed by atoms with E-state index in [1.54, 1.807) is 12.4 Å². The first-order valence-corrected chi connectivity index (χ1v) is 7.98. The van der Waals surface area contributed by atoms with Crippen molar-refractivity contribution in [2.75, 3.05) is 18.0 Å². The van der Waals surface area contributed by atoms with Crippen molar-refractivity contribution < 1.29 is 0 Å². The molecule has 1 saturated heterocycles. The minimum absolute atomic E-state index is 0.556. The highest BCUT2D eigenvalue weighted by molar-refractivity contribution is 5.71. The van der Waals surface area contributed by atoms with E-state index in [2.05, 4.69) is 26.3 Å². The Kier molecular flexibility index (Phi) is 3.43. The lowest BCUT2D eigenvalue weighted by Gasteiger charge is -2.37. The van der Waals surface area contributed by atoms with Gasteiger partial charge in [0.05, 0.1) is 0 Å². The number of hydrogen-bond acceptors (Lipinski definition) is 5. The summed E-state index contributed by atoms with van der Waals surface area (Å²) in [4.78, 5) is 15.8. The zero-order valence-electron chi connectivity index (χ0n) is 12.2. The van der Waals surface area contributed by atoms with Gasteiger partial charge in [-0.05, 0) is 44.2 Å². The molecule has 3 heterocycles. The van der Waals surface area contributed by atoms with Crippen LogP contribution in [0, 0.1) is 0 Å². The molecule has 0 radical (unpaired) electrons. The van der Waals surface area contributed by atoms with E-state index in [9.17, 15) is 0 Å². The fraction of sp³-hybridized carbons (Fsp3) is 0.562. The van der Waals surface area contributed by atoms with Crippen LogP contribution in [-0.2, 0) is 0 Å². The lowest BCUT2D eigenvalue weighted by atomic mass is 10.0. The van der Waals surface area contributed by atoms with Crippen molar-refractivity contribution in [1.82, 2.24) is 20.3 Å². The molecule has 1 atom stereocenters. The zero-order valence-corrected chi connectivity index (χ0v) is 12.2. The van der Waals surface area contributed by atoms with Crippen LogP contribution >= 0.6 is 0 Å². The summed E-state index contributed by atoms with van der Waals surface area (Å²) in [6.07, 6.45) is 9.93. The Hall–Kier alpha value is -1.75. The van der Waals surface area contributed by atoms with Crippen molar-refractivity contribution in [1.29, 1.82) is 0 Å². The molecular weight excluding hydrogens is 262 g/mol. The topological polar surface area (TPSA) is 53.9 Å². The second kappa shape index (κ2) is 5.56. The fourth-order valence-corrected chi connectivity index (χ4v) is 3.11. The van der Waals surface area contributed by atoms with Crippen LogP contribution in [0.15, 0.2) is 24.5 Å². The van der Waals surface area contributed by atoms with Gasteiger partial charge >= 0.3 is 0 Å². The molecule has 1 N–H and O–H groups in total. The molecule has 2 aliphatic rings. The normalized spacial score (nSPS) is 22.7. The summed E-state index contributed by atoms with van der Waals surface area (Å²) in [7, 11) is 0. The Labute approximate surface area is 124 Å². The summed E-state index contributed by atoms with van der Waals surface area (Å²) in [6.45, 7) is 2.17. The molecule has 4 rings (SSSR count). The molecule has 0 aromatic carbocycles.